The number of ether oxygens (including phenoxy) is 1. The molecule has 0 fully saturated rings. The zero-order chi connectivity index (χ0) is 15.0. The number of methoxy groups -OCH3 is 1. The smallest absolute Gasteiger partial charge is 0.200 e. The fourth-order valence-electron chi connectivity index (χ4n) is 2.18. The number of fused-ring (bicyclic) bond motifs is 1. The van der Waals surface area contributed by atoms with Crippen molar-refractivity contribution < 1.29 is 9.53 Å². The molecule has 0 N–H and O–H groups in total. The van der Waals surface area contributed by atoms with Gasteiger partial charge in [-0.3, -0.25) is 4.79 Å². The molecule has 2 nitrogen and oxygen atoms in total. The van der Waals surface area contributed by atoms with Crippen molar-refractivity contribution in [1.82, 2.24) is 0 Å². The number of benzene rings is 2. The van der Waals surface area contributed by atoms with Crippen LogP contribution in [0.5, 0.6) is 5.75 Å². The molecule has 1 aliphatic rings. The molecular formula is C16H10I2O2S. The Labute approximate surface area is 154 Å². The second-order valence-corrected chi connectivity index (χ2v) is 7.94. The summed E-state index contributed by atoms with van der Waals surface area (Å²) in [6, 6.07) is 11.8. The number of allylic oxidation sites excluding steroid dienone is 1. The van der Waals surface area contributed by atoms with Gasteiger partial charge in [0.1, 0.15) is 5.75 Å². The van der Waals surface area contributed by atoms with Gasteiger partial charge in [0.25, 0.3) is 0 Å². The minimum absolute atomic E-state index is 0.0894. The van der Waals surface area contributed by atoms with Crippen molar-refractivity contribution in [2.45, 2.75) is 4.90 Å². The summed E-state index contributed by atoms with van der Waals surface area (Å²) in [4.78, 5) is 14.2. The fourth-order valence-corrected chi connectivity index (χ4v) is 5.33. The van der Waals surface area contributed by atoms with Gasteiger partial charge in [0.2, 0.25) is 5.78 Å². The van der Waals surface area contributed by atoms with E-state index in [-0.39, 0.29) is 5.78 Å². The summed E-state index contributed by atoms with van der Waals surface area (Å²) in [7, 11) is 1.66. The third-order valence-corrected chi connectivity index (χ3v) is 5.63. The molecule has 3 rings (SSSR count). The lowest BCUT2D eigenvalue weighted by Crippen LogP contribution is -1.96. The molecular weight excluding hydrogens is 510 g/mol. The van der Waals surface area contributed by atoms with E-state index < -0.39 is 0 Å². The zero-order valence-corrected chi connectivity index (χ0v) is 16.2. The van der Waals surface area contributed by atoms with Gasteiger partial charge in [0.15, 0.2) is 0 Å². The van der Waals surface area contributed by atoms with Crippen molar-refractivity contribution in [3.63, 3.8) is 0 Å². The molecule has 0 amide bonds. The average molecular weight is 520 g/mol. The second-order valence-electron chi connectivity index (χ2n) is 4.45. The molecule has 0 saturated carbocycles. The number of hydrogen-bond donors (Lipinski definition) is 0. The van der Waals surface area contributed by atoms with E-state index in [9.17, 15) is 4.79 Å². The molecule has 0 radical (unpaired) electrons. The highest BCUT2D eigenvalue weighted by molar-refractivity contribution is 14.1. The van der Waals surface area contributed by atoms with Gasteiger partial charge < -0.3 is 4.74 Å². The lowest BCUT2D eigenvalue weighted by atomic mass is 10.1. The van der Waals surface area contributed by atoms with Crippen LogP contribution in [0.15, 0.2) is 46.2 Å². The van der Waals surface area contributed by atoms with E-state index in [1.54, 1.807) is 7.11 Å². The van der Waals surface area contributed by atoms with E-state index in [1.807, 2.05) is 36.4 Å². The van der Waals surface area contributed by atoms with E-state index in [1.165, 1.54) is 11.8 Å². The van der Waals surface area contributed by atoms with Crippen molar-refractivity contribution >= 4 is 68.8 Å². The highest BCUT2D eigenvalue weighted by Gasteiger charge is 2.25. The van der Waals surface area contributed by atoms with Gasteiger partial charge in [0, 0.05) is 19.6 Å². The van der Waals surface area contributed by atoms with Crippen LogP contribution in [0.2, 0.25) is 0 Å². The summed E-state index contributed by atoms with van der Waals surface area (Å²) >= 11 is 6.05. The number of ketones is 1. The molecule has 0 aromatic heterocycles. The molecule has 0 spiro atoms. The second kappa shape index (κ2) is 6.29. The first-order chi connectivity index (χ1) is 10.1. The highest BCUT2D eigenvalue weighted by atomic mass is 127. The number of hydrogen-bond acceptors (Lipinski definition) is 3. The molecule has 0 saturated heterocycles. The van der Waals surface area contributed by atoms with E-state index in [0.717, 1.165) is 33.8 Å². The highest BCUT2D eigenvalue weighted by Crippen LogP contribution is 2.42. The van der Waals surface area contributed by atoms with Crippen molar-refractivity contribution in [3.05, 3.63) is 59.6 Å². The molecule has 106 valence electrons. The molecule has 2 aromatic carbocycles. The Kier molecular flexibility index (Phi) is 4.60. The predicted molar refractivity (Wildman–Crippen MR) is 103 cm³/mol. The molecule has 0 bridgehead atoms. The Hall–Kier alpha value is -0.540. The third kappa shape index (κ3) is 3.00. The maximum atomic E-state index is 12.4. The van der Waals surface area contributed by atoms with Crippen LogP contribution in [0.1, 0.15) is 15.9 Å². The van der Waals surface area contributed by atoms with Crippen LogP contribution >= 0.6 is 56.9 Å². The monoisotopic (exact) mass is 520 g/mol. The first-order valence-electron chi connectivity index (χ1n) is 6.16. The molecule has 1 aliphatic heterocycles. The SMILES string of the molecule is COc1c(I)cc(I)cc1/C=C1/Sc2ccccc2C1=O. The van der Waals surface area contributed by atoms with Gasteiger partial charge in [-0.1, -0.05) is 23.9 Å². The van der Waals surface area contributed by atoms with E-state index in [0.29, 0.717) is 0 Å². The molecule has 0 atom stereocenters. The van der Waals surface area contributed by atoms with E-state index >= 15 is 0 Å². The first kappa shape index (κ1) is 15.4. The Morgan fingerprint density at radius 2 is 1.95 bits per heavy atom. The van der Waals surface area contributed by atoms with Crippen molar-refractivity contribution in [2.24, 2.45) is 0 Å². The van der Waals surface area contributed by atoms with Crippen LogP contribution in [0.25, 0.3) is 6.08 Å². The minimum Gasteiger partial charge on any atom is -0.495 e. The molecule has 1 heterocycles. The number of halogens is 2. The standard InChI is InChI=1S/C16H10I2O2S/c1-20-16-9(6-10(17)8-12(16)18)7-14-15(19)11-4-2-3-5-13(11)21-14/h2-8H,1H3/b14-7+. The largest absolute Gasteiger partial charge is 0.495 e. The van der Waals surface area contributed by atoms with Crippen LogP contribution in [-0.2, 0) is 0 Å². The normalized spacial score (nSPS) is 15.4. The Balaban J connectivity index is 2.07. The molecule has 0 unspecified atom stereocenters. The number of rotatable bonds is 2. The Bertz CT molecular complexity index is 769. The van der Waals surface area contributed by atoms with Gasteiger partial charge in [0.05, 0.1) is 15.6 Å². The van der Waals surface area contributed by atoms with Gasteiger partial charge >= 0.3 is 0 Å². The van der Waals surface area contributed by atoms with Gasteiger partial charge in [-0.2, -0.15) is 0 Å². The maximum Gasteiger partial charge on any atom is 0.200 e. The van der Waals surface area contributed by atoms with Crippen molar-refractivity contribution in [2.75, 3.05) is 7.11 Å². The van der Waals surface area contributed by atoms with Gasteiger partial charge in [-0.05, 0) is 75.5 Å². The van der Waals surface area contributed by atoms with E-state index in [4.69, 9.17) is 4.74 Å². The summed E-state index contributed by atoms with van der Waals surface area (Å²) < 4.78 is 7.64. The first-order valence-corrected chi connectivity index (χ1v) is 9.14. The van der Waals surface area contributed by atoms with Crippen LogP contribution in [0, 0.1) is 7.14 Å². The predicted octanol–water partition coefficient (Wildman–Crippen LogP) is 5.23. The zero-order valence-electron chi connectivity index (χ0n) is 11.0. The van der Waals surface area contributed by atoms with Crippen molar-refractivity contribution in [3.8, 4) is 5.75 Å². The number of carbonyl (C=O) groups is 1. The summed E-state index contributed by atoms with van der Waals surface area (Å²) in [5.41, 5.74) is 1.73. The molecule has 5 heteroatoms. The summed E-state index contributed by atoms with van der Waals surface area (Å²) in [5, 5.41) is 0. The molecule has 2 aromatic rings. The van der Waals surface area contributed by atoms with Crippen LogP contribution in [-0.4, -0.2) is 12.9 Å². The van der Waals surface area contributed by atoms with Crippen LogP contribution in [0.3, 0.4) is 0 Å². The van der Waals surface area contributed by atoms with Gasteiger partial charge in [-0.15, -0.1) is 0 Å². The summed E-state index contributed by atoms with van der Waals surface area (Å²) in [6.45, 7) is 0. The Morgan fingerprint density at radius 3 is 2.67 bits per heavy atom. The van der Waals surface area contributed by atoms with Gasteiger partial charge in [-0.25, -0.2) is 0 Å². The van der Waals surface area contributed by atoms with Crippen molar-refractivity contribution in [1.29, 1.82) is 0 Å². The topological polar surface area (TPSA) is 26.3 Å². The van der Waals surface area contributed by atoms with E-state index in [2.05, 4.69) is 51.2 Å². The molecule has 0 aliphatic carbocycles. The number of thioether (sulfide) groups is 1. The van der Waals surface area contributed by atoms with Crippen LogP contribution in [0.4, 0.5) is 0 Å². The number of Topliss-reactive ketones (excluding diaryl/α,β-unsaturated/α-hetero) is 1. The minimum atomic E-state index is 0.0894. The Morgan fingerprint density at radius 1 is 1.19 bits per heavy atom. The lowest BCUT2D eigenvalue weighted by molar-refractivity contribution is 0.104. The quantitative estimate of drug-likeness (QED) is 0.401. The maximum absolute atomic E-state index is 12.4. The summed E-state index contributed by atoms with van der Waals surface area (Å²) in [5.74, 6) is 0.902. The fraction of sp³-hybridized carbons (Fsp3) is 0.0625. The van der Waals surface area contributed by atoms with Crippen LogP contribution < -0.4 is 4.74 Å². The third-order valence-electron chi connectivity index (χ3n) is 3.10. The molecule has 21 heavy (non-hydrogen) atoms. The lowest BCUT2D eigenvalue weighted by Gasteiger charge is -2.09. The summed E-state index contributed by atoms with van der Waals surface area (Å²) in [6.07, 6.45) is 1.93. The number of carbonyl (C=O) groups excluding carboxylic acids is 1. The average Bonchev–Trinajstić information content (AvgIpc) is 2.76.